The zero-order valence-electron chi connectivity index (χ0n) is 3.60. The highest BCUT2D eigenvalue weighted by atomic mass is 32.3. The Bertz CT molecular complexity index is 171. The van der Waals surface area contributed by atoms with Crippen molar-refractivity contribution >= 4 is 18.8 Å². The Morgan fingerprint density at radius 3 is 2.25 bits per heavy atom. The standard InChI is InChI=1S/CH2O5PS/c1-7-4-5-8(2,3)6-7/h1H2/q-1. The van der Waals surface area contributed by atoms with Crippen molar-refractivity contribution in [1.82, 2.24) is 0 Å². The summed E-state index contributed by atoms with van der Waals surface area (Å²) in [6, 6.07) is 0. The fraction of sp³-hybridized carbons (Fsp3) is 0. The van der Waals surface area contributed by atoms with Gasteiger partial charge in [0.1, 0.15) is 0 Å². The molecule has 1 atom stereocenters. The molecule has 1 heterocycles. The summed E-state index contributed by atoms with van der Waals surface area (Å²) in [4.78, 5) is 0. The van der Waals surface area contributed by atoms with Gasteiger partial charge in [-0.2, -0.15) is 13.1 Å². The molecule has 0 amide bonds. The van der Waals surface area contributed by atoms with Crippen LogP contribution in [-0.4, -0.2) is 8.42 Å². The molecular formula is CH2O5PS-. The van der Waals surface area contributed by atoms with Crippen molar-refractivity contribution in [2.24, 2.45) is 0 Å². The van der Waals surface area contributed by atoms with E-state index in [1.807, 2.05) is 0 Å². The van der Waals surface area contributed by atoms with Gasteiger partial charge in [0.25, 0.3) is 0 Å². The Hall–Kier alpha value is 0.260. The van der Waals surface area contributed by atoms with E-state index in [0.717, 1.165) is 0 Å². The Labute approximate surface area is 47.7 Å². The van der Waals surface area contributed by atoms with E-state index < -0.39 is 18.8 Å². The lowest BCUT2D eigenvalue weighted by molar-refractivity contribution is -0.0695. The second-order valence-electron chi connectivity index (χ2n) is 0.958. The fourth-order valence-electron chi connectivity index (χ4n) is 0.198. The van der Waals surface area contributed by atoms with E-state index in [0.29, 0.717) is 0 Å². The second-order valence-corrected chi connectivity index (χ2v) is 3.32. The van der Waals surface area contributed by atoms with E-state index in [1.165, 1.54) is 0 Å². The van der Waals surface area contributed by atoms with E-state index in [-0.39, 0.29) is 0 Å². The van der Waals surface area contributed by atoms with Gasteiger partial charge in [-0.1, -0.05) is 4.33 Å². The van der Waals surface area contributed by atoms with E-state index >= 15 is 0 Å². The van der Waals surface area contributed by atoms with Gasteiger partial charge in [0.05, 0.1) is 8.38 Å². The van der Waals surface area contributed by atoms with Crippen molar-refractivity contribution in [3.05, 3.63) is 6.66 Å². The summed E-state index contributed by atoms with van der Waals surface area (Å²) in [7, 11) is -5.46. The largest absolute Gasteiger partial charge is 0.429 e. The predicted molar refractivity (Wildman–Crippen MR) is 24.5 cm³/mol. The molecule has 0 aromatic rings. The van der Waals surface area contributed by atoms with Gasteiger partial charge in [-0.25, -0.2) is 3.97 Å². The summed E-state index contributed by atoms with van der Waals surface area (Å²) in [5.41, 5.74) is 0. The molecule has 48 valence electrons. The number of hydrogen-bond acceptors (Lipinski definition) is 5. The van der Waals surface area contributed by atoms with Crippen LogP contribution in [0.1, 0.15) is 0 Å². The number of hydrogen-bond donors (Lipinski definition) is 0. The van der Waals surface area contributed by atoms with E-state index in [2.05, 4.69) is 19.6 Å². The molecule has 0 aromatic carbocycles. The van der Waals surface area contributed by atoms with Crippen molar-refractivity contribution in [3.63, 3.8) is 0 Å². The van der Waals surface area contributed by atoms with Gasteiger partial charge in [-0.3, -0.25) is 6.66 Å². The van der Waals surface area contributed by atoms with Crippen LogP contribution in [0.25, 0.3) is 0 Å². The molecule has 0 spiro atoms. The lowest BCUT2D eigenvalue weighted by Crippen LogP contribution is -1.93. The van der Waals surface area contributed by atoms with Gasteiger partial charge in [-0.05, 0) is 0 Å². The van der Waals surface area contributed by atoms with Crippen LogP contribution in [0, 0.1) is 6.66 Å². The third kappa shape index (κ3) is 1.37. The van der Waals surface area contributed by atoms with Gasteiger partial charge >= 0.3 is 10.4 Å². The fourth-order valence-corrected chi connectivity index (χ4v) is 1.78. The molecule has 1 rings (SSSR count). The van der Waals surface area contributed by atoms with Crippen molar-refractivity contribution in [2.75, 3.05) is 0 Å². The van der Waals surface area contributed by atoms with Crippen LogP contribution in [0.2, 0.25) is 0 Å². The van der Waals surface area contributed by atoms with Gasteiger partial charge in [0.15, 0.2) is 0 Å². The minimum atomic E-state index is -3.85. The lowest BCUT2D eigenvalue weighted by Gasteiger charge is -1.95. The quantitative estimate of drug-likeness (QED) is 0.287. The summed E-state index contributed by atoms with van der Waals surface area (Å²) >= 11 is 0. The SMILES string of the molecule is [CH2-]P1OOS(=O)(=O)O1. The maximum Gasteiger partial charge on any atom is 0.429 e. The second kappa shape index (κ2) is 1.89. The molecule has 1 unspecified atom stereocenters. The van der Waals surface area contributed by atoms with Crippen LogP contribution < -0.4 is 0 Å². The van der Waals surface area contributed by atoms with Crippen LogP contribution in [0.3, 0.4) is 0 Å². The smallest absolute Gasteiger partial charge is 0.259 e. The monoisotopic (exact) mass is 157 g/mol. The molecule has 1 aliphatic heterocycles. The molecule has 0 saturated carbocycles. The third-order valence-electron chi connectivity index (χ3n) is 0.371. The van der Waals surface area contributed by atoms with E-state index in [1.54, 1.807) is 0 Å². The van der Waals surface area contributed by atoms with Crippen molar-refractivity contribution in [3.8, 4) is 0 Å². The summed E-state index contributed by atoms with van der Waals surface area (Å²) in [6.45, 7) is 3.15. The first kappa shape index (κ1) is 6.38. The molecule has 8 heavy (non-hydrogen) atoms. The third-order valence-corrected chi connectivity index (χ3v) is 2.34. The average Bonchev–Trinajstić information content (AvgIpc) is 1.82. The van der Waals surface area contributed by atoms with Crippen LogP contribution >= 0.6 is 8.38 Å². The molecular weight excluding hydrogens is 155 g/mol. The molecule has 1 saturated heterocycles. The molecule has 0 aliphatic carbocycles. The van der Waals surface area contributed by atoms with Crippen LogP contribution in [0.4, 0.5) is 0 Å². The van der Waals surface area contributed by atoms with E-state index in [4.69, 9.17) is 0 Å². The summed E-state index contributed by atoms with van der Waals surface area (Å²) < 4.78 is 31.8. The first-order chi connectivity index (χ1) is 3.60. The zero-order chi connectivity index (χ0) is 6.20. The summed E-state index contributed by atoms with van der Waals surface area (Å²) in [6.07, 6.45) is 0. The molecule has 0 N–H and O–H groups in total. The highest BCUT2D eigenvalue weighted by Crippen LogP contribution is 2.44. The Balaban J connectivity index is 2.71. The highest BCUT2D eigenvalue weighted by molar-refractivity contribution is 7.87. The van der Waals surface area contributed by atoms with Crippen LogP contribution in [0.5, 0.6) is 0 Å². The lowest BCUT2D eigenvalue weighted by atomic mass is 12.0. The molecule has 5 nitrogen and oxygen atoms in total. The predicted octanol–water partition coefficient (Wildman–Crippen LogP) is 0.313. The zero-order valence-corrected chi connectivity index (χ0v) is 5.31. The Morgan fingerprint density at radius 2 is 2.12 bits per heavy atom. The topological polar surface area (TPSA) is 61.8 Å². The summed E-state index contributed by atoms with van der Waals surface area (Å²) in [5, 5.41) is 0. The molecule has 0 aromatic heterocycles. The van der Waals surface area contributed by atoms with Gasteiger partial charge < -0.3 is 0 Å². The molecule has 1 fully saturated rings. The van der Waals surface area contributed by atoms with Crippen molar-refractivity contribution in [2.45, 2.75) is 0 Å². The summed E-state index contributed by atoms with van der Waals surface area (Å²) in [5.74, 6) is 0. The van der Waals surface area contributed by atoms with Gasteiger partial charge in [0.2, 0.25) is 0 Å². The maximum atomic E-state index is 10.0. The molecule has 7 heteroatoms. The molecule has 0 radical (unpaired) electrons. The van der Waals surface area contributed by atoms with Gasteiger partial charge in [-0.15, -0.1) is 0 Å². The minimum Gasteiger partial charge on any atom is -0.259 e. The molecule has 0 bridgehead atoms. The minimum absolute atomic E-state index is 1.61. The van der Waals surface area contributed by atoms with Crippen LogP contribution in [0.15, 0.2) is 0 Å². The normalized spacial score (nSPS) is 35.4. The Kier molecular flexibility index (Phi) is 1.51. The van der Waals surface area contributed by atoms with Gasteiger partial charge in [0, 0.05) is 0 Å². The Morgan fingerprint density at radius 1 is 1.50 bits per heavy atom. The van der Waals surface area contributed by atoms with E-state index in [9.17, 15) is 8.42 Å². The molecule has 1 aliphatic rings. The first-order valence-corrected chi connectivity index (χ1v) is 4.21. The number of rotatable bonds is 0. The van der Waals surface area contributed by atoms with Crippen LogP contribution in [-0.2, 0) is 23.4 Å². The van der Waals surface area contributed by atoms with Crippen molar-refractivity contribution < 1.29 is 21.4 Å². The maximum absolute atomic E-state index is 10.0. The highest BCUT2D eigenvalue weighted by Gasteiger charge is 2.24. The first-order valence-electron chi connectivity index (χ1n) is 1.51. The van der Waals surface area contributed by atoms with Crippen molar-refractivity contribution in [1.29, 1.82) is 0 Å². The average molecular weight is 157 g/mol.